The van der Waals surface area contributed by atoms with Gasteiger partial charge in [0.2, 0.25) is 0 Å². The van der Waals surface area contributed by atoms with Gasteiger partial charge < -0.3 is 15.2 Å². The lowest BCUT2D eigenvalue weighted by atomic mass is 9.95. The van der Waals surface area contributed by atoms with Crippen LogP contribution < -0.4 is 5.32 Å². The summed E-state index contributed by atoms with van der Waals surface area (Å²) in [4.78, 5) is 0. The SMILES string of the molecule is OCCCOCCC1CCNCC1. The van der Waals surface area contributed by atoms with Gasteiger partial charge in [-0.1, -0.05) is 0 Å². The average Bonchev–Trinajstić information content (AvgIpc) is 2.19. The molecule has 1 heterocycles. The van der Waals surface area contributed by atoms with Gasteiger partial charge in [0.15, 0.2) is 0 Å². The van der Waals surface area contributed by atoms with Crippen LogP contribution in [-0.4, -0.2) is 38.0 Å². The number of rotatable bonds is 6. The van der Waals surface area contributed by atoms with Crippen molar-refractivity contribution >= 4 is 0 Å². The van der Waals surface area contributed by atoms with Crippen molar-refractivity contribution in [3.05, 3.63) is 0 Å². The molecule has 0 atom stereocenters. The maximum absolute atomic E-state index is 8.53. The largest absolute Gasteiger partial charge is 0.396 e. The van der Waals surface area contributed by atoms with Crippen molar-refractivity contribution < 1.29 is 9.84 Å². The van der Waals surface area contributed by atoms with E-state index in [1.54, 1.807) is 0 Å². The summed E-state index contributed by atoms with van der Waals surface area (Å²) in [6, 6.07) is 0. The monoisotopic (exact) mass is 187 g/mol. The van der Waals surface area contributed by atoms with E-state index in [0.29, 0.717) is 6.61 Å². The zero-order valence-corrected chi connectivity index (χ0v) is 8.30. The van der Waals surface area contributed by atoms with Crippen LogP contribution >= 0.6 is 0 Å². The van der Waals surface area contributed by atoms with Gasteiger partial charge in [0.25, 0.3) is 0 Å². The van der Waals surface area contributed by atoms with E-state index in [2.05, 4.69) is 5.32 Å². The van der Waals surface area contributed by atoms with Gasteiger partial charge in [-0.25, -0.2) is 0 Å². The highest BCUT2D eigenvalue weighted by molar-refractivity contribution is 4.67. The maximum Gasteiger partial charge on any atom is 0.0487 e. The third-order valence-electron chi connectivity index (χ3n) is 2.58. The first-order valence-corrected chi connectivity index (χ1v) is 5.33. The van der Waals surface area contributed by atoms with Crippen LogP contribution in [0.2, 0.25) is 0 Å². The summed E-state index contributed by atoms with van der Waals surface area (Å²) in [6.45, 7) is 4.15. The Labute approximate surface area is 80.5 Å². The molecule has 1 rings (SSSR count). The van der Waals surface area contributed by atoms with E-state index in [1.807, 2.05) is 0 Å². The Morgan fingerprint density at radius 3 is 2.69 bits per heavy atom. The minimum atomic E-state index is 0.243. The topological polar surface area (TPSA) is 41.5 Å². The molecule has 0 spiro atoms. The van der Waals surface area contributed by atoms with Crippen LogP contribution in [0.1, 0.15) is 25.7 Å². The van der Waals surface area contributed by atoms with E-state index in [0.717, 1.165) is 18.9 Å². The molecule has 0 unspecified atom stereocenters. The van der Waals surface area contributed by atoms with Crippen LogP contribution in [0.15, 0.2) is 0 Å². The molecule has 1 fully saturated rings. The lowest BCUT2D eigenvalue weighted by Gasteiger charge is -2.22. The molecule has 0 radical (unpaired) electrons. The molecular weight excluding hydrogens is 166 g/mol. The number of nitrogens with one attached hydrogen (secondary N) is 1. The van der Waals surface area contributed by atoms with Crippen molar-refractivity contribution in [2.75, 3.05) is 32.9 Å². The summed E-state index contributed by atoms with van der Waals surface area (Å²) in [5.74, 6) is 0.857. The molecule has 13 heavy (non-hydrogen) atoms. The predicted octanol–water partition coefficient (Wildman–Crippen LogP) is 0.775. The molecule has 0 bridgehead atoms. The summed E-state index contributed by atoms with van der Waals surface area (Å²) < 4.78 is 5.40. The highest BCUT2D eigenvalue weighted by Gasteiger charge is 2.11. The molecule has 78 valence electrons. The first-order valence-electron chi connectivity index (χ1n) is 5.33. The second-order valence-corrected chi connectivity index (χ2v) is 3.67. The van der Waals surface area contributed by atoms with E-state index in [1.165, 1.54) is 32.4 Å². The Kier molecular flexibility index (Phi) is 6.15. The molecule has 0 saturated carbocycles. The number of hydrogen-bond acceptors (Lipinski definition) is 3. The zero-order chi connectivity index (χ0) is 9.36. The van der Waals surface area contributed by atoms with Crippen LogP contribution in [0.5, 0.6) is 0 Å². The van der Waals surface area contributed by atoms with E-state index in [9.17, 15) is 0 Å². The summed E-state index contributed by atoms with van der Waals surface area (Å²) in [6.07, 6.45) is 4.55. The third-order valence-corrected chi connectivity index (χ3v) is 2.58. The van der Waals surface area contributed by atoms with Gasteiger partial charge in [0, 0.05) is 19.8 Å². The van der Waals surface area contributed by atoms with Gasteiger partial charge in [-0.3, -0.25) is 0 Å². The molecule has 0 aromatic heterocycles. The van der Waals surface area contributed by atoms with Gasteiger partial charge >= 0.3 is 0 Å². The van der Waals surface area contributed by atoms with Crippen molar-refractivity contribution in [1.82, 2.24) is 5.32 Å². The highest BCUT2D eigenvalue weighted by Crippen LogP contribution is 2.15. The second kappa shape index (κ2) is 7.30. The van der Waals surface area contributed by atoms with Crippen molar-refractivity contribution in [1.29, 1.82) is 0 Å². The van der Waals surface area contributed by atoms with Gasteiger partial charge in [0.1, 0.15) is 0 Å². The summed E-state index contributed by atoms with van der Waals surface area (Å²) in [5.41, 5.74) is 0. The minimum Gasteiger partial charge on any atom is -0.396 e. The zero-order valence-electron chi connectivity index (χ0n) is 8.30. The van der Waals surface area contributed by atoms with Crippen molar-refractivity contribution in [2.24, 2.45) is 5.92 Å². The van der Waals surface area contributed by atoms with Crippen LogP contribution in [0, 0.1) is 5.92 Å². The highest BCUT2D eigenvalue weighted by atomic mass is 16.5. The molecule has 3 nitrogen and oxygen atoms in total. The van der Waals surface area contributed by atoms with Gasteiger partial charge in [-0.15, -0.1) is 0 Å². The van der Waals surface area contributed by atoms with E-state index < -0.39 is 0 Å². The quantitative estimate of drug-likeness (QED) is 0.604. The van der Waals surface area contributed by atoms with Gasteiger partial charge in [-0.05, 0) is 44.7 Å². The first-order chi connectivity index (χ1) is 6.43. The van der Waals surface area contributed by atoms with Crippen LogP contribution in [0.4, 0.5) is 0 Å². The van der Waals surface area contributed by atoms with Crippen molar-refractivity contribution in [2.45, 2.75) is 25.7 Å². The number of aliphatic hydroxyl groups is 1. The summed E-state index contributed by atoms with van der Waals surface area (Å²) in [7, 11) is 0. The van der Waals surface area contributed by atoms with Crippen LogP contribution in [0.3, 0.4) is 0 Å². The molecule has 0 aliphatic carbocycles. The smallest absolute Gasteiger partial charge is 0.0487 e. The minimum absolute atomic E-state index is 0.243. The predicted molar refractivity (Wildman–Crippen MR) is 52.7 cm³/mol. The molecule has 1 saturated heterocycles. The first kappa shape index (κ1) is 11.0. The van der Waals surface area contributed by atoms with Gasteiger partial charge in [-0.2, -0.15) is 0 Å². The molecular formula is C10H21NO2. The number of ether oxygens (including phenoxy) is 1. The molecule has 0 aromatic carbocycles. The third kappa shape index (κ3) is 5.24. The fourth-order valence-corrected chi connectivity index (χ4v) is 1.69. The molecule has 1 aliphatic heterocycles. The Hall–Kier alpha value is -0.120. The second-order valence-electron chi connectivity index (χ2n) is 3.67. The van der Waals surface area contributed by atoms with E-state index >= 15 is 0 Å². The Bertz CT molecular complexity index is 113. The molecule has 3 heteroatoms. The summed E-state index contributed by atoms with van der Waals surface area (Å²) in [5, 5.41) is 11.9. The normalized spacial score (nSPS) is 19.2. The molecule has 2 N–H and O–H groups in total. The number of hydrogen-bond donors (Lipinski definition) is 2. The maximum atomic E-state index is 8.53. The fraction of sp³-hybridized carbons (Fsp3) is 1.00. The molecule has 0 aromatic rings. The lowest BCUT2D eigenvalue weighted by molar-refractivity contribution is 0.101. The van der Waals surface area contributed by atoms with Crippen LogP contribution in [0.25, 0.3) is 0 Å². The molecule has 1 aliphatic rings. The van der Waals surface area contributed by atoms with Crippen molar-refractivity contribution in [3.63, 3.8) is 0 Å². The molecule has 0 amide bonds. The standard InChI is InChI=1S/C10H21NO2/c12-7-1-8-13-9-4-10-2-5-11-6-3-10/h10-12H,1-9H2. The number of aliphatic hydroxyl groups excluding tert-OH is 1. The average molecular weight is 187 g/mol. The van der Waals surface area contributed by atoms with Gasteiger partial charge in [0.05, 0.1) is 0 Å². The Morgan fingerprint density at radius 2 is 2.00 bits per heavy atom. The lowest BCUT2D eigenvalue weighted by Crippen LogP contribution is -2.28. The summed E-state index contributed by atoms with van der Waals surface area (Å²) >= 11 is 0. The Balaban J connectivity index is 1.86. The Morgan fingerprint density at radius 1 is 1.23 bits per heavy atom. The van der Waals surface area contributed by atoms with E-state index in [-0.39, 0.29) is 6.61 Å². The van der Waals surface area contributed by atoms with E-state index in [4.69, 9.17) is 9.84 Å². The van der Waals surface area contributed by atoms with Crippen molar-refractivity contribution in [3.8, 4) is 0 Å². The number of piperidine rings is 1. The van der Waals surface area contributed by atoms with Crippen LogP contribution in [-0.2, 0) is 4.74 Å². The fourth-order valence-electron chi connectivity index (χ4n) is 1.69.